The lowest BCUT2D eigenvalue weighted by molar-refractivity contribution is 0.102. The summed E-state index contributed by atoms with van der Waals surface area (Å²) in [7, 11) is 0. The number of carbonyl (C=O) groups is 1. The number of hydrogen-bond acceptors (Lipinski definition) is 2. The summed E-state index contributed by atoms with van der Waals surface area (Å²) in [6, 6.07) is 8.71. The zero-order valence-corrected chi connectivity index (χ0v) is 9.55. The molecule has 0 aliphatic rings. The number of benzene rings is 1. The van der Waals surface area contributed by atoms with Crippen LogP contribution >= 0.6 is 12.2 Å². The Morgan fingerprint density at radius 1 is 1.18 bits per heavy atom. The monoisotopic (exact) mass is 248 g/mol. The first kappa shape index (κ1) is 11.5. The van der Waals surface area contributed by atoms with Crippen LogP contribution in [-0.4, -0.2) is 10.9 Å². The van der Waals surface area contributed by atoms with Crippen LogP contribution in [0.2, 0.25) is 0 Å². The largest absolute Gasteiger partial charge is 0.351 e. The molecular weight excluding hydrogens is 239 g/mol. The van der Waals surface area contributed by atoms with Gasteiger partial charge < -0.3 is 10.3 Å². The molecule has 0 spiro atoms. The van der Waals surface area contributed by atoms with E-state index in [4.69, 9.17) is 12.2 Å². The van der Waals surface area contributed by atoms with Crippen LogP contribution in [-0.2, 0) is 0 Å². The van der Waals surface area contributed by atoms with Gasteiger partial charge in [-0.2, -0.15) is 0 Å². The van der Waals surface area contributed by atoms with Gasteiger partial charge in [0.2, 0.25) is 0 Å². The maximum absolute atomic E-state index is 12.7. The van der Waals surface area contributed by atoms with Gasteiger partial charge in [0.25, 0.3) is 5.91 Å². The second-order valence-corrected chi connectivity index (χ2v) is 3.84. The maximum atomic E-state index is 12.7. The fourth-order valence-corrected chi connectivity index (χ4v) is 1.42. The van der Waals surface area contributed by atoms with Crippen molar-refractivity contribution < 1.29 is 9.18 Å². The summed E-state index contributed by atoms with van der Waals surface area (Å²) in [5.74, 6) is -0.666. The van der Waals surface area contributed by atoms with Crippen LogP contribution in [0, 0.1) is 10.5 Å². The zero-order chi connectivity index (χ0) is 12.3. The first-order valence-electron chi connectivity index (χ1n) is 4.91. The van der Waals surface area contributed by atoms with Crippen LogP contribution in [0.3, 0.4) is 0 Å². The van der Waals surface area contributed by atoms with Crippen molar-refractivity contribution in [3.05, 3.63) is 58.6 Å². The quantitative estimate of drug-likeness (QED) is 0.802. The fraction of sp³-hybridized carbons (Fsp3) is 0. The molecule has 0 unspecified atom stereocenters. The molecule has 3 nitrogen and oxygen atoms in total. The number of nitrogens with one attached hydrogen (secondary N) is 2. The van der Waals surface area contributed by atoms with Crippen molar-refractivity contribution in [2.45, 2.75) is 0 Å². The fourth-order valence-electron chi connectivity index (χ4n) is 1.29. The van der Waals surface area contributed by atoms with E-state index in [9.17, 15) is 9.18 Å². The molecule has 2 aromatic rings. The van der Waals surface area contributed by atoms with E-state index < -0.39 is 0 Å². The van der Waals surface area contributed by atoms with Crippen molar-refractivity contribution in [3.8, 4) is 0 Å². The van der Waals surface area contributed by atoms with Crippen LogP contribution < -0.4 is 5.32 Å². The average Bonchev–Trinajstić information content (AvgIpc) is 2.33. The van der Waals surface area contributed by atoms with Gasteiger partial charge in [0.15, 0.2) is 0 Å². The van der Waals surface area contributed by atoms with Crippen molar-refractivity contribution in [2.24, 2.45) is 0 Å². The molecule has 1 aromatic heterocycles. The zero-order valence-electron chi connectivity index (χ0n) is 8.74. The number of rotatable bonds is 2. The minimum absolute atomic E-state index is 0.296. The minimum atomic E-state index is -0.370. The number of hydrogen-bond donors (Lipinski definition) is 2. The summed E-state index contributed by atoms with van der Waals surface area (Å²) in [6.45, 7) is 0. The molecule has 86 valence electrons. The molecule has 0 aliphatic heterocycles. The van der Waals surface area contributed by atoms with Crippen LogP contribution in [0.25, 0.3) is 0 Å². The second kappa shape index (κ2) is 4.88. The lowest BCUT2D eigenvalue weighted by atomic mass is 10.2. The molecule has 2 N–H and O–H groups in total. The third kappa shape index (κ3) is 2.98. The van der Waals surface area contributed by atoms with E-state index in [2.05, 4.69) is 10.3 Å². The van der Waals surface area contributed by atoms with Crippen LogP contribution in [0.5, 0.6) is 0 Å². The molecule has 17 heavy (non-hydrogen) atoms. The molecule has 0 aliphatic carbocycles. The highest BCUT2D eigenvalue weighted by Gasteiger charge is 2.05. The van der Waals surface area contributed by atoms with E-state index in [-0.39, 0.29) is 11.7 Å². The molecule has 5 heteroatoms. The summed E-state index contributed by atoms with van der Waals surface area (Å²) in [5.41, 5.74) is 1.00. The van der Waals surface area contributed by atoms with Gasteiger partial charge in [-0.15, -0.1) is 0 Å². The van der Waals surface area contributed by atoms with E-state index >= 15 is 0 Å². The number of H-pyrrole nitrogens is 1. The molecule has 0 radical (unpaired) electrons. The summed E-state index contributed by atoms with van der Waals surface area (Å²) in [6.07, 6.45) is 1.60. The third-order valence-corrected chi connectivity index (χ3v) is 2.40. The maximum Gasteiger partial charge on any atom is 0.255 e. The lowest BCUT2D eigenvalue weighted by Crippen LogP contribution is -2.11. The SMILES string of the molecule is O=C(Nc1ccc(=S)[nH]c1)c1ccc(F)cc1. The van der Waals surface area contributed by atoms with Gasteiger partial charge in [-0.05, 0) is 36.4 Å². The predicted octanol–water partition coefficient (Wildman–Crippen LogP) is 3.14. The molecule has 0 bridgehead atoms. The van der Waals surface area contributed by atoms with Crippen molar-refractivity contribution in [1.29, 1.82) is 0 Å². The van der Waals surface area contributed by atoms with E-state index in [0.717, 1.165) is 0 Å². The van der Waals surface area contributed by atoms with Crippen molar-refractivity contribution >= 4 is 23.8 Å². The Morgan fingerprint density at radius 2 is 1.88 bits per heavy atom. The Morgan fingerprint density at radius 3 is 2.47 bits per heavy atom. The van der Waals surface area contributed by atoms with Crippen molar-refractivity contribution in [1.82, 2.24) is 4.98 Å². The summed E-state index contributed by atoms with van der Waals surface area (Å²) >= 11 is 4.88. The van der Waals surface area contributed by atoms with E-state index in [1.807, 2.05) is 0 Å². The van der Waals surface area contributed by atoms with E-state index in [1.165, 1.54) is 24.3 Å². The molecule has 0 saturated heterocycles. The summed E-state index contributed by atoms with van der Waals surface area (Å²) in [5, 5.41) is 2.67. The second-order valence-electron chi connectivity index (χ2n) is 3.40. The number of aromatic amines is 1. The third-order valence-electron chi connectivity index (χ3n) is 2.15. The van der Waals surface area contributed by atoms with Gasteiger partial charge in [0, 0.05) is 11.8 Å². The molecule has 0 fully saturated rings. The highest BCUT2D eigenvalue weighted by molar-refractivity contribution is 7.71. The van der Waals surface area contributed by atoms with Gasteiger partial charge in [-0.25, -0.2) is 4.39 Å². The van der Waals surface area contributed by atoms with Crippen LogP contribution in [0.15, 0.2) is 42.6 Å². The number of amides is 1. The van der Waals surface area contributed by atoms with Gasteiger partial charge in [0.05, 0.1) is 5.69 Å². The van der Waals surface area contributed by atoms with E-state index in [1.54, 1.807) is 18.3 Å². The highest BCUT2D eigenvalue weighted by atomic mass is 32.1. The standard InChI is InChI=1S/C12H9FN2OS/c13-9-3-1-8(2-4-9)12(16)15-10-5-6-11(17)14-7-10/h1-7H,(H,14,17)(H,15,16). The van der Waals surface area contributed by atoms with Crippen LogP contribution in [0.4, 0.5) is 10.1 Å². The number of anilines is 1. The van der Waals surface area contributed by atoms with E-state index in [0.29, 0.717) is 15.9 Å². The number of halogens is 1. The van der Waals surface area contributed by atoms with Gasteiger partial charge in [-0.1, -0.05) is 12.2 Å². The normalized spacial score (nSPS) is 9.94. The first-order valence-corrected chi connectivity index (χ1v) is 5.31. The molecule has 1 aromatic carbocycles. The summed E-state index contributed by atoms with van der Waals surface area (Å²) < 4.78 is 13.3. The molecule has 1 amide bonds. The Bertz CT molecular complexity index is 572. The minimum Gasteiger partial charge on any atom is -0.351 e. The molecule has 1 heterocycles. The van der Waals surface area contributed by atoms with Crippen molar-refractivity contribution in [2.75, 3.05) is 5.32 Å². The highest BCUT2D eigenvalue weighted by Crippen LogP contribution is 2.08. The molecule has 2 rings (SSSR count). The lowest BCUT2D eigenvalue weighted by Gasteiger charge is -2.04. The Hall–Kier alpha value is -2.01. The summed E-state index contributed by atoms with van der Waals surface area (Å²) in [4.78, 5) is 14.5. The molecular formula is C12H9FN2OS. The number of aromatic nitrogens is 1. The smallest absolute Gasteiger partial charge is 0.255 e. The Labute approximate surface area is 102 Å². The average molecular weight is 248 g/mol. The number of pyridine rings is 1. The first-order chi connectivity index (χ1) is 8.15. The topological polar surface area (TPSA) is 44.9 Å². The van der Waals surface area contributed by atoms with Gasteiger partial charge in [-0.3, -0.25) is 4.79 Å². The molecule has 0 atom stereocenters. The number of carbonyl (C=O) groups excluding carboxylic acids is 1. The Kier molecular flexibility index (Phi) is 3.30. The molecule has 0 saturated carbocycles. The predicted molar refractivity (Wildman–Crippen MR) is 66.0 cm³/mol. The Balaban J connectivity index is 2.14. The van der Waals surface area contributed by atoms with Crippen molar-refractivity contribution in [3.63, 3.8) is 0 Å². The van der Waals surface area contributed by atoms with Gasteiger partial charge in [0.1, 0.15) is 10.5 Å². The van der Waals surface area contributed by atoms with Crippen LogP contribution in [0.1, 0.15) is 10.4 Å². The van der Waals surface area contributed by atoms with Gasteiger partial charge >= 0.3 is 0 Å².